The van der Waals surface area contributed by atoms with Gasteiger partial charge in [-0.25, -0.2) is 9.78 Å². The van der Waals surface area contributed by atoms with Gasteiger partial charge in [0.1, 0.15) is 6.04 Å². The van der Waals surface area contributed by atoms with Gasteiger partial charge in [-0.15, -0.1) is 0 Å². The van der Waals surface area contributed by atoms with E-state index in [1.165, 1.54) is 7.11 Å². The molecule has 0 aliphatic heterocycles. The highest BCUT2D eigenvalue weighted by Gasteiger charge is 2.25. The third-order valence-electron chi connectivity index (χ3n) is 3.18. The highest BCUT2D eigenvalue weighted by molar-refractivity contribution is 5.95. The molecule has 0 fully saturated rings. The highest BCUT2D eigenvalue weighted by Crippen LogP contribution is 2.11. The first-order chi connectivity index (χ1) is 10.5. The van der Waals surface area contributed by atoms with Gasteiger partial charge in [-0.1, -0.05) is 30.3 Å². The molecule has 0 aliphatic rings. The molecule has 0 spiro atoms. The quantitative estimate of drug-likeness (QED) is 0.852. The lowest BCUT2D eigenvalue weighted by Crippen LogP contribution is -2.43. The summed E-state index contributed by atoms with van der Waals surface area (Å²) in [4.78, 5) is 28.2. The molecule has 2 rings (SSSR count). The first-order valence-corrected chi connectivity index (χ1v) is 6.88. The Hall–Kier alpha value is -2.63. The van der Waals surface area contributed by atoms with Crippen LogP contribution in [-0.2, 0) is 16.0 Å². The van der Waals surface area contributed by atoms with Crippen LogP contribution in [0, 0.1) is 13.8 Å². The van der Waals surface area contributed by atoms with Crippen LogP contribution in [-0.4, -0.2) is 30.0 Å². The average Bonchev–Trinajstić information content (AvgIpc) is 2.85. The Morgan fingerprint density at radius 3 is 2.50 bits per heavy atom. The predicted molar refractivity (Wildman–Crippen MR) is 79.4 cm³/mol. The van der Waals surface area contributed by atoms with Crippen LogP contribution in [0.25, 0.3) is 0 Å². The zero-order valence-corrected chi connectivity index (χ0v) is 12.8. The lowest BCUT2D eigenvalue weighted by Gasteiger charge is -2.16. The van der Waals surface area contributed by atoms with Gasteiger partial charge in [-0.3, -0.25) is 4.79 Å². The number of aryl methyl sites for hydroxylation is 2. The number of ether oxygens (including phenoxy) is 1. The van der Waals surface area contributed by atoms with Crippen molar-refractivity contribution in [1.29, 1.82) is 0 Å². The van der Waals surface area contributed by atoms with Crippen molar-refractivity contribution in [2.24, 2.45) is 0 Å². The molecule has 1 N–H and O–H groups in total. The molecule has 1 aromatic carbocycles. The van der Waals surface area contributed by atoms with Crippen molar-refractivity contribution in [2.75, 3.05) is 7.11 Å². The Morgan fingerprint density at radius 2 is 1.95 bits per heavy atom. The second-order valence-corrected chi connectivity index (χ2v) is 4.89. The van der Waals surface area contributed by atoms with Crippen LogP contribution in [0.3, 0.4) is 0 Å². The number of amides is 1. The lowest BCUT2D eigenvalue weighted by atomic mass is 10.1. The number of aromatic nitrogens is 1. The molecule has 1 amide bonds. The summed E-state index contributed by atoms with van der Waals surface area (Å²) in [6, 6.07) is 8.60. The fourth-order valence-electron chi connectivity index (χ4n) is 2.15. The van der Waals surface area contributed by atoms with Gasteiger partial charge >= 0.3 is 5.97 Å². The minimum absolute atomic E-state index is 0.111. The molecule has 1 aromatic heterocycles. The zero-order chi connectivity index (χ0) is 16.1. The van der Waals surface area contributed by atoms with Gasteiger partial charge in [-0.05, 0) is 12.5 Å². The van der Waals surface area contributed by atoms with Crippen molar-refractivity contribution < 1.29 is 18.7 Å². The number of nitrogens with zero attached hydrogens (tertiary/aromatic N) is 1. The van der Waals surface area contributed by atoms with Crippen molar-refractivity contribution >= 4 is 11.9 Å². The summed E-state index contributed by atoms with van der Waals surface area (Å²) in [5.74, 6) is -0.477. The minimum atomic E-state index is -0.787. The van der Waals surface area contributed by atoms with Gasteiger partial charge in [-0.2, -0.15) is 0 Å². The van der Waals surface area contributed by atoms with Gasteiger partial charge in [0.15, 0.2) is 5.89 Å². The molecule has 1 heterocycles. The van der Waals surface area contributed by atoms with E-state index in [9.17, 15) is 9.59 Å². The molecule has 0 radical (unpaired) electrons. The van der Waals surface area contributed by atoms with E-state index >= 15 is 0 Å². The van der Waals surface area contributed by atoms with Crippen LogP contribution in [0.1, 0.15) is 27.7 Å². The van der Waals surface area contributed by atoms with Gasteiger partial charge in [0.25, 0.3) is 5.91 Å². The fraction of sp³-hybridized carbons (Fsp3) is 0.312. The van der Waals surface area contributed by atoms with Gasteiger partial charge in [0.2, 0.25) is 5.76 Å². The van der Waals surface area contributed by atoms with Crippen molar-refractivity contribution in [1.82, 2.24) is 10.3 Å². The number of rotatable bonds is 5. The average molecular weight is 302 g/mol. The lowest BCUT2D eigenvalue weighted by molar-refractivity contribution is -0.142. The molecule has 0 bridgehead atoms. The third-order valence-corrected chi connectivity index (χ3v) is 3.18. The Morgan fingerprint density at radius 1 is 1.27 bits per heavy atom. The van der Waals surface area contributed by atoms with Crippen molar-refractivity contribution in [3.8, 4) is 0 Å². The zero-order valence-electron chi connectivity index (χ0n) is 12.8. The van der Waals surface area contributed by atoms with Gasteiger partial charge < -0.3 is 14.5 Å². The largest absolute Gasteiger partial charge is 0.467 e. The molecule has 0 aliphatic carbocycles. The molecular formula is C16H18N2O4. The number of hydrogen-bond donors (Lipinski definition) is 1. The summed E-state index contributed by atoms with van der Waals surface area (Å²) in [5.41, 5.74) is 1.40. The minimum Gasteiger partial charge on any atom is -0.467 e. The first kappa shape index (κ1) is 15.8. The number of esters is 1. The van der Waals surface area contributed by atoms with E-state index in [1.54, 1.807) is 13.8 Å². The van der Waals surface area contributed by atoms with E-state index in [-0.39, 0.29) is 5.76 Å². The summed E-state index contributed by atoms with van der Waals surface area (Å²) in [7, 11) is 1.29. The van der Waals surface area contributed by atoms with Crippen molar-refractivity contribution in [3.05, 3.63) is 53.2 Å². The van der Waals surface area contributed by atoms with E-state index in [4.69, 9.17) is 9.15 Å². The number of carbonyl (C=O) groups is 2. The number of nitrogens with one attached hydrogen (secondary N) is 1. The molecular weight excluding hydrogens is 284 g/mol. The van der Waals surface area contributed by atoms with E-state index < -0.39 is 17.9 Å². The number of hydrogen-bond acceptors (Lipinski definition) is 5. The molecule has 6 nitrogen and oxygen atoms in total. The van der Waals surface area contributed by atoms with Gasteiger partial charge in [0, 0.05) is 13.3 Å². The van der Waals surface area contributed by atoms with Gasteiger partial charge in [0.05, 0.1) is 12.8 Å². The SMILES string of the molecule is COC(=O)[C@H](Cc1ccccc1)NC(=O)c1oc(C)nc1C. The standard InChI is InChI=1S/C16H18N2O4/c1-10-14(22-11(2)17-10)15(19)18-13(16(20)21-3)9-12-7-5-4-6-8-12/h4-8,13H,9H2,1-3H3,(H,18,19)/t13-/m0/s1. The summed E-state index contributed by atoms with van der Waals surface area (Å²) in [5, 5.41) is 2.64. The predicted octanol–water partition coefficient (Wildman–Crippen LogP) is 1.81. The van der Waals surface area contributed by atoms with E-state index in [0.717, 1.165) is 5.56 Å². The van der Waals surface area contributed by atoms with E-state index in [2.05, 4.69) is 10.3 Å². The van der Waals surface area contributed by atoms with E-state index in [1.807, 2.05) is 30.3 Å². The van der Waals surface area contributed by atoms with Crippen LogP contribution in [0.4, 0.5) is 0 Å². The Bertz CT molecular complexity index is 664. The first-order valence-electron chi connectivity index (χ1n) is 6.88. The Balaban J connectivity index is 2.14. The number of benzene rings is 1. The molecule has 116 valence electrons. The van der Waals surface area contributed by atoms with Crippen LogP contribution in [0.15, 0.2) is 34.7 Å². The molecule has 6 heteroatoms. The molecule has 0 saturated heterocycles. The van der Waals surface area contributed by atoms with Crippen LogP contribution >= 0.6 is 0 Å². The topological polar surface area (TPSA) is 81.4 Å². The summed E-state index contributed by atoms with van der Waals surface area (Å²) < 4.78 is 10.0. The van der Waals surface area contributed by atoms with Crippen LogP contribution < -0.4 is 5.32 Å². The smallest absolute Gasteiger partial charge is 0.328 e. The maximum absolute atomic E-state index is 12.2. The molecule has 1 atom stereocenters. The van der Waals surface area contributed by atoms with Crippen LogP contribution in [0.5, 0.6) is 0 Å². The maximum atomic E-state index is 12.2. The van der Waals surface area contributed by atoms with E-state index in [0.29, 0.717) is 18.0 Å². The highest BCUT2D eigenvalue weighted by atomic mass is 16.5. The second kappa shape index (κ2) is 6.89. The Kier molecular flexibility index (Phi) is 4.93. The molecule has 2 aromatic rings. The second-order valence-electron chi connectivity index (χ2n) is 4.89. The molecule has 0 saturated carbocycles. The number of oxazole rings is 1. The molecule has 22 heavy (non-hydrogen) atoms. The number of methoxy groups -OCH3 is 1. The number of carbonyl (C=O) groups excluding carboxylic acids is 2. The fourth-order valence-corrected chi connectivity index (χ4v) is 2.15. The van der Waals surface area contributed by atoms with Crippen LogP contribution in [0.2, 0.25) is 0 Å². The summed E-state index contributed by atoms with van der Waals surface area (Å²) in [6.45, 7) is 3.33. The van der Waals surface area contributed by atoms with Crippen molar-refractivity contribution in [3.63, 3.8) is 0 Å². The maximum Gasteiger partial charge on any atom is 0.328 e. The summed E-state index contributed by atoms with van der Waals surface area (Å²) in [6.07, 6.45) is 0.339. The molecule has 0 unspecified atom stereocenters. The van der Waals surface area contributed by atoms with Crippen molar-refractivity contribution in [2.45, 2.75) is 26.3 Å². The summed E-state index contributed by atoms with van der Waals surface area (Å²) >= 11 is 0. The normalized spacial score (nSPS) is 11.8. The third kappa shape index (κ3) is 3.72. The Labute approximate surface area is 128 Å². The monoisotopic (exact) mass is 302 g/mol.